The van der Waals surface area contributed by atoms with Gasteiger partial charge in [-0.25, -0.2) is 14.4 Å². The van der Waals surface area contributed by atoms with E-state index in [9.17, 15) is 9.18 Å². The number of carbonyl (C=O) groups is 1. The Morgan fingerprint density at radius 2 is 2.18 bits per heavy atom. The van der Waals surface area contributed by atoms with Crippen LogP contribution in [-0.4, -0.2) is 22.4 Å². The van der Waals surface area contributed by atoms with Crippen molar-refractivity contribution in [2.75, 3.05) is 12.3 Å². The van der Waals surface area contributed by atoms with Gasteiger partial charge in [0.05, 0.1) is 5.56 Å². The van der Waals surface area contributed by atoms with E-state index in [0.717, 1.165) is 19.3 Å². The number of amides is 1. The highest BCUT2D eigenvalue weighted by Gasteiger charge is 2.13. The van der Waals surface area contributed by atoms with E-state index in [1.807, 2.05) is 0 Å². The third-order valence-electron chi connectivity index (χ3n) is 3.21. The summed E-state index contributed by atoms with van der Waals surface area (Å²) in [6, 6.07) is 5.91. The molecule has 0 atom stereocenters. The van der Waals surface area contributed by atoms with Crippen LogP contribution in [0.15, 0.2) is 30.5 Å². The van der Waals surface area contributed by atoms with E-state index in [1.54, 1.807) is 12.1 Å². The molecule has 0 radical (unpaired) electrons. The maximum absolute atomic E-state index is 13.2. The summed E-state index contributed by atoms with van der Waals surface area (Å²) >= 11 is 0. The van der Waals surface area contributed by atoms with Gasteiger partial charge in [-0.2, -0.15) is 0 Å². The smallest absolute Gasteiger partial charge is 0.256 e. The number of hydrogen-bond acceptors (Lipinski definition) is 4. The largest absolute Gasteiger partial charge is 0.383 e. The molecule has 3 N–H and O–H groups in total. The van der Waals surface area contributed by atoms with Crippen LogP contribution in [-0.2, 0) is 0 Å². The SMILES string of the molecule is CCCCCNC(=O)c1cnc(-c2cccc(F)c2)nc1N. The molecule has 22 heavy (non-hydrogen) atoms. The molecule has 1 aromatic heterocycles. The standard InChI is InChI=1S/C16H19FN4O/c1-2-3-4-8-19-16(22)13-10-20-15(21-14(13)18)11-6-5-7-12(17)9-11/h5-7,9-10H,2-4,8H2,1H3,(H,19,22)(H2,18,20,21). The van der Waals surface area contributed by atoms with Gasteiger partial charge in [-0.15, -0.1) is 0 Å². The number of unbranched alkanes of at least 4 members (excludes halogenated alkanes) is 2. The van der Waals surface area contributed by atoms with E-state index in [-0.39, 0.29) is 23.1 Å². The molecule has 0 bridgehead atoms. The second-order valence-electron chi connectivity index (χ2n) is 4.97. The summed E-state index contributed by atoms with van der Waals surface area (Å²) in [5.74, 6) is -0.293. The monoisotopic (exact) mass is 302 g/mol. The van der Waals surface area contributed by atoms with Crippen molar-refractivity contribution in [3.8, 4) is 11.4 Å². The zero-order valence-corrected chi connectivity index (χ0v) is 12.5. The van der Waals surface area contributed by atoms with Crippen LogP contribution < -0.4 is 11.1 Å². The van der Waals surface area contributed by atoms with Crippen LogP contribution in [0.1, 0.15) is 36.5 Å². The Labute approximate surface area is 128 Å². The predicted molar refractivity (Wildman–Crippen MR) is 83.7 cm³/mol. The molecule has 6 heteroatoms. The molecule has 1 amide bonds. The minimum atomic E-state index is -0.377. The van der Waals surface area contributed by atoms with Gasteiger partial charge in [0.1, 0.15) is 11.6 Å². The van der Waals surface area contributed by atoms with Crippen molar-refractivity contribution in [2.45, 2.75) is 26.2 Å². The Balaban J connectivity index is 2.11. The summed E-state index contributed by atoms with van der Waals surface area (Å²) in [4.78, 5) is 20.2. The second kappa shape index (κ2) is 7.49. The third-order valence-corrected chi connectivity index (χ3v) is 3.21. The molecule has 0 unspecified atom stereocenters. The number of hydrogen-bond donors (Lipinski definition) is 2. The molecule has 0 aliphatic rings. The van der Waals surface area contributed by atoms with Gasteiger partial charge in [-0.3, -0.25) is 4.79 Å². The van der Waals surface area contributed by atoms with Gasteiger partial charge in [0.15, 0.2) is 5.82 Å². The summed E-state index contributed by atoms with van der Waals surface area (Å²) < 4.78 is 13.2. The average Bonchev–Trinajstić information content (AvgIpc) is 2.51. The number of carbonyl (C=O) groups excluding carboxylic acids is 1. The maximum atomic E-state index is 13.2. The molecule has 0 saturated carbocycles. The van der Waals surface area contributed by atoms with E-state index in [1.165, 1.54) is 18.3 Å². The molecule has 5 nitrogen and oxygen atoms in total. The van der Waals surface area contributed by atoms with Gasteiger partial charge in [0, 0.05) is 18.3 Å². The van der Waals surface area contributed by atoms with Crippen LogP contribution >= 0.6 is 0 Å². The number of anilines is 1. The lowest BCUT2D eigenvalue weighted by Gasteiger charge is -2.08. The molecule has 0 fully saturated rings. The van der Waals surface area contributed by atoms with Crippen molar-refractivity contribution in [3.05, 3.63) is 41.8 Å². The maximum Gasteiger partial charge on any atom is 0.256 e. The highest BCUT2D eigenvalue weighted by atomic mass is 19.1. The van der Waals surface area contributed by atoms with Crippen molar-refractivity contribution < 1.29 is 9.18 Å². The Kier molecular flexibility index (Phi) is 5.41. The first-order valence-corrected chi connectivity index (χ1v) is 7.28. The third kappa shape index (κ3) is 4.00. The molecule has 2 rings (SSSR count). The number of nitrogen functional groups attached to an aromatic ring is 1. The van der Waals surface area contributed by atoms with E-state index in [2.05, 4.69) is 22.2 Å². The van der Waals surface area contributed by atoms with Crippen molar-refractivity contribution in [3.63, 3.8) is 0 Å². The van der Waals surface area contributed by atoms with Gasteiger partial charge in [0.2, 0.25) is 0 Å². The molecule has 0 aliphatic carbocycles. The normalized spacial score (nSPS) is 10.5. The quantitative estimate of drug-likeness (QED) is 0.804. The van der Waals surface area contributed by atoms with Crippen LogP contribution in [0.4, 0.5) is 10.2 Å². The number of benzene rings is 1. The summed E-state index contributed by atoms with van der Waals surface area (Å²) in [6.07, 6.45) is 4.44. The fourth-order valence-electron chi connectivity index (χ4n) is 2.01. The molecule has 2 aromatic rings. The van der Waals surface area contributed by atoms with Crippen molar-refractivity contribution in [1.82, 2.24) is 15.3 Å². The van der Waals surface area contributed by atoms with Crippen molar-refractivity contribution >= 4 is 11.7 Å². The average molecular weight is 302 g/mol. The minimum Gasteiger partial charge on any atom is -0.383 e. The fourth-order valence-corrected chi connectivity index (χ4v) is 2.01. The number of nitrogens with zero attached hydrogens (tertiary/aromatic N) is 2. The number of nitrogens with two attached hydrogens (primary N) is 1. The summed E-state index contributed by atoms with van der Waals surface area (Å²) in [6.45, 7) is 2.69. The first kappa shape index (κ1) is 15.9. The number of aromatic nitrogens is 2. The lowest BCUT2D eigenvalue weighted by atomic mass is 10.2. The minimum absolute atomic E-state index is 0.0854. The van der Waals surface area contributed by atoms with Crippen LogP contribution in [0.3, 0.4) is 0 Å². The molecule has 0 spiro atoms. The van der Waals surface area contributed by atoms with E-state index < -0.39 is 0 Å². The highest BCUT2D eigenvalue weighted by molar-refractivity contribution is 5.98. The molecule has 0 aliphatic heterocycles. The lowest BCUT2D eigenvalue weighted by molar-refractivity contribution is 0.0953. The van der Waals surface area contributed by atoms with Crippen LogP contribution in [0.25, 0.3) is 11.4 Å². The summed E-state index contributed by atoms with van der Waals surface area (Å²) in [5, 5.41) is 2.78. The molecule has 1 aromatic carbocycles. The van der Waals surface area contributed by atoms with E-state index in [4.69, 9.17) is 5.73 Å². The molecular formula is C16H19FN4O. The van der Waals surface area contributed by atoms with Gasteiger partial charge >= 0.3 is 0 Å². The van der Waals surface area contributed by atoms with Crippen LogP contribution in [0.5, 0.6) is 0 Å². The molecular weight excluding hydrogens is 283 g/mol. The molecule has 0 saturated heterocycles. The van der Waals surface area contributed by atoms with Crippen LogP contribution in [0, 0.1) is 5.82 Å². The zero-order chi connectivity index (χ0) is 15.9. The number of nitrogens with one attached hydrogen (secondary N) is 1. The van der Waals surface area contributed by atoms with Gasteiger partial charge < -0.3 is 11.1 Å². The highest BCUT2D eigenvalue weighted by Crippen LogP contribution is 2.18. The van der Waals surface area contributed by atoms with Crippen molar-refractivity contribution in [2.24, 2.45) is 0 Å². The Morgan fingerprint density at radius 1 is 1.36 bits per heavy atom. The van der Waals surface area contributed by atoms with E-state index >= 15 is 0 Å². The summed E-state index contributed by atoms with van der Waals surface area (Å²) in [7, 11) is 0. The number of halogens is 1. The van der Waals surface area contributed by atoms with Crippen molar-refractivity contribution in [1.29, 1.82) is 0 Å². The van der Waals surface area contributed by atoms with Gasteiger partial charge in [-0.1, -0.05) is 31.9 Å². The second-order valence-corrected chi connectivity index (χ2v) is 4.97. The number of rotatable bonds is 6. The zero-order valence-electron chi connectivity index (χ0n) is 12.5. The molecule has 1 heterocycles. The first-order valence-electron chi connectivity index (χ1n) is 7.28. The van der Waals surface area contributed by atoms with Crippen LogP contribution in [0.2, 0.25) is 0 Å². The fraction of sp³-hybridized carbons (Fsp3) is 0.312. The lowest BCUT2D eigenvalue weighted by Crippen LogP contribution is -2.26. The Bertz CT molecular complexity index is 660. The Morgan fingerprint density at radius 3 is 2.86 bits per heavy atom. The predicted octanol–water partition coefficient (Wildman–Crippen LogP) is 2.78. The van der Waals surface area contributed by atoms with E-state index in [0.29, 0.717) is 17.9 Å². The first-order chi connectivity index (χ1) is 10.6. The topological polar surface area (TPSA) is 80.9 Å². The summed E-state index contributed by atoms with van der Waals surface area (Å²) in [5.41, 5.74) is 6.57. The van der Waals surface area contributed by atoms with Gasteiger partial charge in [0.25, 0.3) is 5.91 Å². The molecule has 116 valence electrons. The van der Waals surface area contributed by atoms with Gasteiger partial charge in [-0.05, 0) is 18.6 Å². The Hall–Kier alpha value is -2.50.